The molecule has 2 aromatic heterocycles. The molecule has 2 aliphatic heterocycles. The zero-order valence-corrected chi connectivity index (χ0v) is 25.1. The summed E-state index contributed by atoms with van der Waals surface area (Å²) in [5.74, 6) is -0.634. The molecule has 10 nitrogen and oxygen atoms in total. The Kier molecular flexibility index (Phi) is 7.06. The van der Waals surface area contributed by atoms with Gasteiger partial charge in [-0.1, -0.05) is 35.3 Å². The Bertz CT molecular complexity index is 1610. The van der Waals surface area contributed by atoms with Crippen LogP contribution in [-0.4, -0.2) is 69.5 Å². The van der Waals surface area contributed by atoms with Crippen molar-refractivity contribution in [3.05, 3.63) is 59.0 Å². The summed E-state index contributed by atoms with van der Waals surface area (Å²) in [6, 6.07) is 12.6. The molecule has 2 fully saturated rings. The van der Waals surface area contributed by atoms with Crippen LogP contribution < -0.4 is 27.4 Å². The van der Waals surface area contributed by atoms with E-state index in [4.69, 9.17) is 39.7 Å². The van der Waals surface area contributed by atoms with E-state index in [0.717, 1.165) is 59.5 Å². The molecule has 7 rings (SSSR count). The third-order valence-electron chi connectivity index (χ3n) is 9.00. The SMILES string of the molecule is CN1CCN(C2CCC(n3cc(-c4ccc(NC5(N)Nc6cc(Cl)cc(Cl)c6N5)cc4)c4c(N)ncnc43)CC2)CC1. The molecule has 12 heteroatoms. The van der Waals surface area contributed by atoms with Crippen molar-refractivity contribution < 1.29 is 0 Å². The molecule has 0 bridgehead atoms. The van der Waals surface area contributed by atoms with Gasteiger partial charge in [-0.05, 0) is 62.6 Å². The van der Waals surface area contributed by atoms with Crippen LogP contribution in [0, 0.1) is 0 Å². The van der Waals surface area contributed by atoms with E-state index in [1.807, 2.05) is 12.1 Å². The Balaban J connectivity index is 1.10. The number of hydrogen-bond donors (Lipinski definition) is 5. The fourth-order valence-electron chi connectivity index (χ4n) is 6.76. The molecule has 1 saturated carbocycles. The number of halogens is 2. The summed E-state index contributed by atoms with van der Waals surface area (Å²) in [4.78, 5) is 14.1. The van der Waals surface area contributed by atoms with Gasteiger partial charge in [-0.3, -0.25) is 10.6 Å². The highest BCUT2D eigenvalue weighted by Gasteiger charge is 2.34. The molecule has 1 unspecified atom stereocenters. The Morgan fingerprint density at radius 1 is 0.952 bits per heavy atom. The van der Waals surface area contributed by atoms with Crippen molar-refractivity contribution in [2.24, 2.45) is 5.73 Å². The predicted molar refractivity (Wildman–Crippen MR) is 172 cm³/mol. The number of nitrogens with zero attached hydrogens (tertiary/aromatic N) is 5. The van der Waals surface area contributed by atoms with Gasteiger partial charge in [0.15, 0.2) is 0 Å². The Morgan fingerprint density at radius 2 is 1.67 bits per heavy atom. The molecule has 7 N–H and O–H groups in total. The van der Waals surface area contributed by atoms with Crippen LogP contribution in [0.4, 0.5) is 22.9 Å². The molecular weight excluding hydrogens is 571 g/mol. The van der Waals surface area contributed by atoms with Crippen LogP contribution in [0.1, 0.15) is 31.7 Å². The first-order valence-corrected chi connectivity index (χ1v) is 15.3. The molecule has 42 heavy (non-hydrogen) atoms. The van der Waals surface area contributed by atoms with Crippen molar-refractivity contribution in [2.45, 2.75) is 43.7 Å². The molecule has 1 aliphatic carbocycles. The molecular formula is C30H36Cl2N10. The quantitative estimate of drug-likeness (QED) is 0.194. The van der Waals surface area contributed by atoms with Gasteiger partial charge in [0.05, 0.1) is 21.8 Å². The molecule has 0 radical (unpaired) electrons. The van der Waals surface area contributed by atoms with Crippen molar-refractivity contribution in [1.29, 1.82) is 0 Å². The fourth-order valence-corrected chi connectivity index (χ4v) is 7.30. The minimum atomic E-state index is -1.13. The maximum Gasteiger partial charge on any atom is 0.243 e. The van der Waals surface area contributed by atoms with Gasteiger partial charge in [0.25, 0.3) is 0 Å². The molecule has 2 aromatic carbocycles. The van der Waals surface area contributed by atoms with E-state index in [1.54, 1.807) is 18.5 Å². The molecule has 220 valence electrons. The summed E-state index contributed by atoms with van der Waals surface area (Å²) in [7, 11) is 2.21. The molecule has 3 aliphatic rings. The summed E-state index contributed by atoms with van der Waals surface area (Å²) in [5, 5.41) is 11.7. The topological polar surface area (TPSA) is 125 Å². The van der Waals surface area contributed by atoms with E-state index in [1.165, 1.54) is 25.9 Å². The van der Waals surface area contributed by atoms with Gasteiger partial charge < -0.3 is 31.2 Å². The number of nitrogens with two attached hydrogens (primary N) is 2. The van der Waals surface area contributed by atoms with E-state index in [2.05, 4.69) is 60.7 Å². The lowest BCUT2D eigenvalue weighted by Gasteiger charge is -2.41. The van der Waals surface area contributed by atoms with Crippen molar-refractivity contribution in [3.63, 3.8) is 0 Å². The first-order valence-electron chi connectivity index (χ1n) is 14.5. The summed E-state index contributed by atoms with van der Waals surface area (Å²) in [6.45, 7) is 4.66. The van der Waals surface area contributed by atoms with Gasteiger partial charge in [-0.15, -0.1) is 0 Å². The van der Waals surface area contributed by atoms with Crippen LogP contribution in [0.3, 0.4) is 0 Å². The van der Waals surface area contributed by atoms with Crippen LogP contribution in [-0.2, 0) is 0 Å². The number of fused-ring (bicyclic) bond motifs is 2. The molecule has 1 saturated heterocycles. The maximum absolute atomic E-state index is 6.58. The maximum atomic E-state index is 6.58. The number of aromatic nitrogens is 3. The van der Waals surface area contributed by atoms with Gasteiger partial charge in [0.1, 0.15) is 17.8 Å². The number of nitrogen functional groups attached to an aromatic ring is 1. The minimum Gasteiger partial charge on any atom is -0.383 e. The van der Waals surface area contributed by atoms with Gasteiger partial charge in [0.2, 0.25) is 5.91 Å². The average molecular weight is 608 g/mol. The number of piperazine rings is 1. The number of likely N-dealkylation sites (N-methyl/N-ethyl adjacent to an activating group) is 1. The third-order valence-corrected chi connectivity index (χ3v) is 9.52. The number of nitrogens with one attached hydrogen (secondary N) is 3. The second kappa shape index (κ2) is 10.8. The van der Waals surface area contributed by atoms with E-state index >= 15 is 0 Å². The van der Waals surface area contributed by atoms with Crippen molar-refractivity contribution >= 4 is 57.1 Å². The second-order valence-corrected chi connectivity index (χ2v) is 12.6. The molecule has 0 amide bonds. The number of hydrogen-bond acceptors (Lipinski definition) is 9. The van der Waals surface area contributed by atoms with Crippen LogP contribution in [0.5, 0.6) is 0 Å². The third kappa shape index (κ3) is 5.11. The van der Waals surface area contributed by atoms with E-state index in [0.29, 0.717) is 33.6 Å². The highest BCUT2D eigenvalue weighted by atomic mass is 35.5. The van der Waals surface area contributed by atoms with Gasteiger partial charge >= 0.3 is 0 Å². The summed E-state index contributed by atoms with van der Waals surface area (Å²) < 4.78 is 2.34. The summed E-state index contributed by atoms with van der Waals surface area (Å²) >= 11 is 12.5. The standard InChI is InChI=1S/C30H36Cl2N10/c1-40-10-12-41(13-11-40)21-6-8-22(9-7-21)42-16-23(26-28(33)35-17-36-29(26)42)18-2-4-20(5-3-18)37-30(34)38-25-15-19(31)14-24(32)27(25)39-30/h2-5,14-17,21-22,37-39H,6-13,34H2,1H3,(H2,33,35,36). The van der Waals surface area contributed by atoms with Crippen LogP contribution in [0.2, 0.25) is 10.0 Å². The van der Waals surface area contributed by atoms with E-state index in [-0.39, 0.29) is 0 Å². The monoisotopic (exact) mass is 606 g/mol. The molecule has 0 spiro atoms. The van der Waals surface area contributed by atoms with Crippen LogP contribution >= 0.6 is 23.2 Å². The number of anilines is 4. The van der Waals surface area contributed by atoms with Crippen molar-refractivity contribution in [1.82, 2.24) is 24.3 Å². The lowest BCUT2D eigenvalue weighted by atomic mass is 9.89. The number of rotatable bonds is 5. The largest absolute Gasteiger partial charge is 0.383 e. The van der Waals surface area contributed by atoms with Crippen LogP contribution in [0.15, 0.2) is 48.9 Å². The Morgan fingerprint density at radius 3 is 2.40 bits per heavy atom. The normalized spacial score (nSPS) is 24.8. The summed E-state index contributed by atoms with van der Waals surface area (Å²) in [6.07, 6.45) is 8.45. The lowest BCUT2D eigenvalue weighted by Crippen LogP contribution is -2.57. The van der Waals surface area contributed by atoms with Gasteiger partial charge in [-0.25, -0.2) is 9.97 Å². The van der Waals surface area contributed by atoms with Crippen molar-refractivity contribution in [3.8, 4) is 11.1 Å². The second-order valence-electron chi connectivity index (χ2n) is 11.8. The Hall–Kier alpha value is -3.28. The fraction of sp³-hybridized carbons (Fsp3) is 0.400. The number of benzene rings is 2. The van der Waals surface area contributed by atoms with Gasteiger partial charge in [0, 0.05) is 60.7 Å². The minimum absolute atomic E-state index is 0.388. The first-order chi connectivity index (χ1) is 20.3. The van der Waals surface area contributed by atoms with E-state index < -0.39 is 5.91 Å². The smallest absolute Gasteiger partial charge is 0.243 e. The zero-order valence-electron chi connectivity index (χ0n) is 23.6. The van der Waals surface area contributed by atoms with Gasteiger partial charge in [-0.2, -0.15) is 0 Å². The lowest BCUT2D eigenvalue weighted by molar-refractivity contribution is 0.0828. The zero-order chi connectivity index (χ0) is 29.0. The molecule has 4 heterocycles. The highest BCUT2D eigenvalue weighted by molar-refractivity contribution is 6.37. The highest BCUT2D eigenvalue weighted by Crippen LogP contribution is 2.42. The van der Waals surface area contributed by atoms with Crippen molar-refractivity contribution in [2.75, 3.05) is 54.9 Å². The summed E-state index contributed by atoms with van der Waals surface area (Å²) in [5.41, 5.74) is 18.3. The first kappa shape index (κ1) is 27.5. The van der Waals surface area contributed by atoms with Crippen LogP contribution in [0.25, 0.3) is 22.2 Å². The van der Waals surface area contributed by atoms with E-state index in [9.17, 15) is 0 Å². The molecule has 1 atom stereocenters. The predicted octanol–water partition coefficient (Wildman–Crippen LogP) is 5.24. The molecule has 4 aromatic rings. The average Bonchev–Trinajstić information content (AvgIpc) is 3.53. The Labute approximate surface area is 255 Å².